The van der Waals surface area contributed by atoms with Gasteiger partial charge in [0.1, 0.15) is 0 Å². The maximum Gasteiger partial charge on any atom is 0.0197 e. The monoisotopic (exact) mass is 225 g/mol. The third-order valence-corrected chi connectivity index (χ3v) is 4.25. The molecule has 3 atom stereocenters. The van der Waals surface area contributed by atoms with Gasteiger partial charge >= 0.3 is 0 Å². The zero-order valence-electron chi connectivity index (χ0n) is 10.9. The maximum absolute atomic E-state index is 6.11. The van der Waals surface area contributed by atoms with Gasteiger partial charge in [0.25, 0.3) is 0 Å². The lowest BCUT2D eigenvalue weighted by atomic mass is 9.90. The van der Waals surface area contributed by atoms with Crippen molar-refractivity contribution in [2.24, 2.45) is 5.73 Å². The largest absolute Gasteiger partial charge is 0.328 e. The van der Waals surface area contributed by atoms with Crippen LogP contribution in [-0.4, -0.2) is 54.6 Å². The van der Waals surface area contributed by atoms with Crippen molar-refractivity contribution >= 4 is 0 Å². The highest BCUT2D eigenvalue weighted by molar-refractivity contribution is 4.86. The second-order valence-electron chi connectivity index (χ2n) is 5.78. The normalized spacial score (nSPS) is 39.6. The van der Waals surface area contributed by atoms with Gasteiger partial charge in [-0.05, 0) is 52.7 Å². The third kappa shape index (κ3) is 2.96. The molecule has 94 valence electrons. The zero-order chi connectivity index (χ0) is 11.5. The van der Waals surface area contributed by atoms with Crippen LogP contribution < -0.4 is 5.73 Å². The lowest BCUT2D eigenvalue weighted by Gasteiger charge is -2.39. The highest BCUT2D eigenvalue weighted by Gasteiger charge is 2.29. The molecule has 3 heteroatoms. The highest BCUT2D eigenvalue weighted by Crippen LogP contribution is 2.25. The quantitative estimate of drug-likeness (QED) is 0.730. The summed E-state index contributed by atoms with van der Waals surface area (Å²) in [7, 11) is 2.24. The number of nitrogens with two attached hydrogens (primary N) is 1. The summed E-state index contributed by atoms with van der Waals surface area (Å²) >= 11 is 0. The van der Waals surface area contributed by atoms with Gasteiger partial charge in [0.15, 0.2) is 0 Å². The van der Waals surface area contributed by atoms with Crippen LogP contribution in [0.3, 0.4) is 0 Å². The number of hydrogen-bond donors (Lipinski definition) is 1. The van der Waals surface area contributed by atoms with Crippen molar-refractivity contribution in [2.45, 2.75) is 57.2 Å². The molecule has 2 fully saturated rings. The van der Waals surface area contributed by atoms with Crippen molar-refractivity contribution < 1.29 is 0 Å². The van der Waals surface area contributed by atoms with Crippen molar-refractivity contribution in [3.63, 3.8) is 0 Å². The van der Waals surface area contributed by atoms with Crippen LogP contribution in [0.15, 0.2) is 0 Å². The van der Waals surface area contributed by atoms with Crippen molar-refractivity contribution in [1.29, 1.82) is 0 Å². The van der Waals surface area contributed by atoms with Gasteiger partial charge in [-0.25, -0.2) is 0 Å². The van der Waals surface area contributed by atoms with E-state index in [-0.39, 0.29) is 0 Å². The fraction of sp³-hybridized carbons (Fsp3) is 1.00. The molecule has 3 nitrogen and oxygen atoms in total. The van der Waals surface area contributed by atoms with E-state index in [9.17, 15) is 0 Å². The molecule has 0 bridgehead atoms. The molecule has 16 heavy (non-hydrogen) atoms. The van der Waals surface area contributed by atoms with Crippen LogP contribution in [0.4, 0.5) is 0 Å². The van der Waals surface area contributed by atoms with Gasteiger partial charge in [-0.2, -0.15) is 0 Å². The van der Waals surface area contributed by atoms with Crippen LogP contribution in [-0.2, 0) is 0 Å². The summed E-state index contributed by atoms with van der Waals surface area (Å²) in [5, 5.41) is 0. The fourth-order valence-corrected chi connectivity index (χ4v) is 3.44. The molecular weight excluding hydrogens is 198 g/mol. The van der Waals surface area contributed by atoms with Gasteiger partial charge in [-0.15, -0.1) is 0 Å². The average molecular weight is 225 g/mol. The molecule has 1 aliphatic heterocycles. The fourth-order valence-electron chi connectivity index (χ4n) is 3.44. The van der Waals surface area contributed by atoms with E-state index in [4.69, 9.17) is 5.73 Å². The van der Waals surface area contributed by atoms with E-state index in [1.165, 1.54) is 51.7 Å². The summed E-state index contributed by atoms with van der Waals surface area (Å²) in [5.41, 5.74) is 6.11. The molecule has 0 amide bonds. The molecule has 1 aliphatic carbocycles. The summed E-state index contributed by atoms with van der Waals surface area (Å²) in [6, 6.07) is 1.90. The summed E-state index contributed by atoms with van der Waals surface area (Å²) in [5.74, 6) is 0. The van der Waals surface area contributed by atoms with Crippen LogP contribution in [0.2, 0.25) is 0 Å². The molecule has 1 saturated carbocycles. The number of nitrogens with zero attached hydrogens (tertiary/aromatic N) is 2. The Bertz CT molecular complexity index is 219. The summed E-state index contributed by atoms with van der Waals surface area (Å²) < 4.78 is 0. The van der Waals surface area contributed by atoms with Crippen LogP contribution in [0, 0.1) is 0 Å². The van der Waals surface area contributed by atoms with Crippen LogP contribution in [0.1, 0.15) is 39.0 Å². The van der Waals surface area contributed by atoms with E-state index < -0.39 is 0 Å². The van der Waals surface area contributed by atoms with Gasteiger partial charge in [0.05, 0.1) is 0 Å². The number of rotatable bonds is 1. The molecule has 1 heterocycles. The predicted octanol–water partition coefficient (Wildman–Crippen LogP) is 1.28. The average Bonchev–Trinajstić information content (AvgIpc) is 2.39. The molecule has 0 spiro atoms. The minimum absolute atomic E-state index is 0.451. The molecule has 0 aromatic carbocycles. The highest BCUT2D eigenvalue weighted by atomic mass is 15.2. The van der Waals surface area contributed by atoms with Crippen molar-refractivity contribution in [3.8, 4) is 0 Å². The molecule has 2 rings (SSSR count). The molecule has 0 aromatic rings. The van der Waals surface area contributed by atoms with Crippen molar-refractivity contribution in [2.75, 3.05) is 26.7 Å². The van der Waals surface area contributed by atoms with E-state index in [2.05, 4.69) is 23.8 Å². The van der Waals surface area contributed by atoms with Gasteiger partial charge in [-0.3, -0.25) is 4.90 Å². The Morgan fingerprint density at radius 2 is 1.94 bits per heavy atom. The van der Waals surface area contributed by atoms with Gasteiger partial charge in [-0.1, -0.05) is 6.42 Å². The second kappa shape index (κ2) is 5.48. The predicted molar refractivity (Wildman–Crippen MR) is 68.5 cm³/mol. The Hall–Kier alpha value is -0.120. The Labute approximate surface area is 100.0 Å². The van der Waals surface area contributed by atoms with Crippen molar-refractivity contribution in [3.05, 3.63) is 0 Å². The molecule has 2 aliphatic rings. The zero-order valence-corrected chi connectivity index (χ0v) is 10.9. The molecular formula is C13H27N3. The van der Waals surface area contributed by atoms with Crippen LogP contribution in [0.25, 0.3) is 0 Å². The molecule has 3 unspecified atom stereocenters. The van der Waals surface area contributed by atoms with Gasteiger partial charge < -0.3 is 10.6 Å². The summed E-state index contributed by atoms with van der Waals surface area (Å²) in [6.07, 6.45) is 6.45. The Morgan fingerprint density at radius 1 is 1.12 bits per heavy atom. The Balaban J connectivity index is 1.95. The summed E-state index contributed by atoms with van der Waals surface area (Å²) in [4.78, 5) is 5.19. The van der Waals surface area contributed by atoms with E-state index in [1.54, 1.807) is 0 Å². The molecule has 0 radical (unpaired) electrons. The minimum Gasteiger partial charge on any atom is -0.328 e. The maximum atomic E-state index is 6.11. The first-order chi connectivity index (χ1) is 7.66. The number of likely N-dealkylation sites (N-methyl/N-ethyl adjacent to an activating group) is 1. The van der Waals surface area contributed by atoms with Crippen LogP contribution >= 0.6 is 0 Å². The second-order valence-corrected chi connectivity index (χ2v) is 5.78. The molecule has 0 aromatic heterocycles. The minimum atomic E-state index is 0.451. The summed E-state index contributed by atoms with van der Waals surface area (Å²) in [6.45, 7) is 6.11. The van der Waals surface area contributed by atoms with Gasteiger partial charge in [0, 0.05) is 24.7 Å². The van der Waals surface area contributed by atoms with Crippen LogP contribution in [0.5, 0.6) is 0 Å². The standard InChI is InChI=1S/C13H27N3/c1-11-10-15(2)7-4-8-16(11)13-6-3-5-12(14)9-13/h11-13H,3-10,14H2,1-2H3. The SMILES string of the molecule is CC1CN(C)CCCN1C1CCCC(N)C1. The van der Waals surface area contributed by atoms with E-state index in [0.717, 1.165) is 6.04 Å². The van der Waals surface area contributed by atoms with E-state index in [1.807, 2.05) is 0 Å². The molecule has 2 N–H and O–H groups in total. The van der Waals surface area contributed by atoms with Crippen molar-refractivity contribution in [1.82, 2.24) is 9.80 Å². The lowest BCUT2D eigenvalue weighted by molar-refractivity contribution is 0.107. The third-order valence-electron chi connectivity index (χ3n) is 4.25. The van der Waals surface area contributed by atoms with Gasteiger partial charge in [0.2, 0.25) is 0 Å². The van der Waals surface area contributed by atoms with E-state index in [0.29, 0.717) is 12.1 Å². The topological polar surface area (TPSA) is 32.5 Å². The lowest BCUT2D eigenvalue weighted by Crippen LogP contribution is -2.48. The Kier molecular flexibility index (Phi) is 4.22. The first-order valence-electron chi connectivity index (χ1n) is 6.86. The smallest absolute Gasteiger partial charge is 0.0197 e. The van der Waals surface area contributed by atoms with E-state index >= 15 is 0 Å². The number of hydrogen-bond acceptors (Lipinski definition) is 3. The molecule has 1 saturated heterocycles. The Morgan fingerprint density at radius 3 is 2.69 bits per heavy atom. The first-order valence-corrected chi connectivity index (χ1v) is 6.86. The first kappa shape index (κ1) is 12.3.